The van der Waals surface area contributed by atoms with Crippen molar-refractivity contribution in [1.29, 1.82) is 0 Å². The van der Waals surface area contributed by atoms with Crippen LogP contribution >= 0.6 is 0 Å². The Labute approximate surface area is 329 Å². The number of aryl methyl sites for hydroxylation is 4. The smallest absolute Gasteiger partial charge is 0.0543 e. The summed E-state index contributed by atoms with van der Waals surface area (Å²) in [6.45, 7) is 22.7. The molecule has 0 N–H and O–H groups in total. The third-order valence-electron chi connectivity index (χ3n) is 11.7. The quantitative estimate of drug-likeness (QED) is 0.154. The van der Waals surface area contributed by atoms with E-state index in [1.54, 1.807) is 0 Å². The average Bonchev–Trinajstić information content (AvgIpc) is 3.37. The van der Waals surface area contributed by atoms with Crippen LogP contribution in [0, 0.1) is 27.7 Å². The lowest BCUT2D eigenvalue weighted by Gasteiger charge is -2.31. The van der Waals surface area contributed by atoms with Crippen molar-refractivity contribution >= 4 is 44.9 Å². The minimum Gasteiger partial charge on any atom is -0.310 e. The minimum absolute atomic E-state index is 0.245. The van der Waals surface area contributed by atoms with Gasteiger partial charge in [-0.05, 0) is 167 Å². The molecule has 0 amide bonds. The highest BCUT2D eigenvalue weighted by Crippen LogP contribution is 2.56. The van der Waals surface area contributed by atoms with Crippen molar-refractivity contribution in [3.63, 3.8) is 0 Å². The van der Waals surface area contributed by atoms with Crippen LogP contribution in [-0.2, 0) is 5.41 Å². The molecule has 2 heteroatoms. The molecule has 276 valence electrons. The summed E-state index contributed by atoms with van der Waals surface area (Å²) in [5, 5.41) is 2.54. The Bertz CT molecular complexity index is 2510. The molecule has 0 aliphatic heterocycles. The van der Waals surface area contributed by atoms with Gasteiger partial charge >= 0.3 is 0 Å². The number of hydrogen-bond donors (Lipinski definition) is 0. The number of nitrogens with zero attached hydrogens (tertiary/aromatic N) is 2. The standard InChI is InChI=1S/C53H54N2/c1-33(2)39-15-19-41(20-16-39)54(44-27-35(5)25-36(6)28-44)43-23-24-48-49(31-43)53(9,10)50-32-51(46-13-11-12-14-47(46)52(48)50)55(45-29-37(7)26-38(8)30-45)42-21-17-40(18-22-42)34(3)4/h11-34H,1-10H3. The van der Waals surface area contributed by atoms with E-state index in [-0.39, 0.29) is 5.41 Å². The molecule has 55 heavy (non-hydrogen) atoms. The first-order chi connectivity index (χ1) is 26.3. The third-order valence-corrected chi connectivity index (χ3v) is 11.7. The zero-order valence-corrected chi connectivity index (χ0v) is 34.3. The summed E-state index contributed by atoms with van der Waals surface area (Å²) >= 11 is 0. The number of anilines is 6. The first kappa shape index (κ1) is 36.4. The molecular formula is C53H54N2. The van der Waals surface area contributed by atoms with Gasteiger partial charge in [-0.15, -0.1) is 0 Å². The molecule has 7 aromatic rings. The fourth-order valence-electron chi connectivity index (χ4n) is 8.93. The fourth-order valence-corrected chi connectivity index (χ4v) is 8.93. The van der Waals surface area contributed by atoms with E-state index in [4.69, 9.17) is 0 Å². The van der Waals surface area contributed by atoms with Crippen molar-refractivity contribution in [3.8, 4) is 11.1 Å². The van der Waals surface area contributed by atoms with E-state index in [0.717, 1.165) is 0 Å². The van der Waals surface area contributed by atoms with Crippen LogP contribution in [0.4, 0.5) is 34.1 Å². The van der Waals surface area contributed by atoms with Gasteiger partial charge in [0.15, 0.2) is 0 Å². The van der Waals surface area contributed by atoms with E-state index in [0.29, 0.717) is 11.8 Å². The molecule has 8 rings (SSSR count). The Kier molecular flexibility index (Phi) is 9.20. The monoisotopic (exact) mass is 718 g/mol. The van der Waals surface area contributed by atoms with Gasteiger partial charge in [-0.25, -0.2) is 0 Å². The Morgan fingerprint density at radius 2 is 0.873 bits per heavy atom. The van der Waals surface area contributed by atoms with E-state index in [1.165, 1.54) is 101 Å². The van der Waals surface area contributed by atoms with Crippen molar-refractivity contribution in [3.05, 3.63) is 178 Å². The van der Waals surface area contributed by atoms with Crippen LogP contribution in [0.2, 0.25) is 0 Å². The largest absolute Gasteiger partial charge is 0.310 e. The molecule has 0 heterocycles. The number of rotatable bonds is 8. The fraction of sp³-hybridized carbons (Fsp3) is 0.245. The van der Waals surface area contributed by atoms with Gasteiger partial charge in [-0.1, -0.05) is 108 Å². The molecule has 0 aromatic heterocycles. The molecule has 2 nitrogen and oxygen atoms in total. The van der Waals surface area contributed by atoms with Crippen LogP contribution in [0.3, 0.4) is 0 Å². The predicted molar refractivity (Wildman–Crippen MR) is 238 cm³/mol. The molecule has 0 unspecified atom stereocenters. The van der Waals surface area contributed by atoms with Crippen LogP contribution in [0.25, 0.3) is 21.9 Å². The Hall–Kier alpha value is -5.60. The maximum atomic E-state index is 2.50. The highest BCUT2D eigenvalue weighted by molar-refractivity contribution is 6.10. The van der Waals surface area contributed by atoms with E-state index in [9.17, 15) is 0 Å². The van der Waals surface area contributed by atoms with Crippen LogP contribution in [0.5, 0.6) is 0 Å². The van der Waals surface area contributed by atoms with Crippen molar-refractivity contribution in [1.82, 2.24) is 0 Å². The van der Waals surface area contributed by atoms with Crippen molar-refractivity contribution in [2.24, 2.45) is 0 Å². The lowest BCUT2D eigenvalue weighted by Crippen LogP contribution is -2.18. The van der Waals surface area contributed by atoms with Crippen LogP contribution in [0.1, 0.15) is 97.9 Å². The molecule has 0 atom stereocenters. The summed E-state index contributed by atoms with van der Waals surface area (Å²) in [6, 6.07) is 50.8. The normalized spacial score (nSPS) is 13.0. The Balaban J connectivity index is 1.33. The van der Waals surface area contributed by atoms with Crippen LogP contribution in [-0.4, -0.2) is 0 Å². The second kappa shape index (κ2) is 13.9. The summed E-state index contributed by atoms with van der Waals surface area (Å²) < 4.78 is 0. The molecule has 1 aliphatic carbocycles. The molecule has 7 aromatic carbocycles. The molecule has 0 bridgehead atoms. The molecule has 0 fully saturated rings. The first-order valence-corrected chi connectivity index (χ1v) is 20.0. The van der Waals surface area contributed by atoms with Gasteiger partial charge in [0.05, 0.1) is 5.69 Å². The molecule has 0 radical (unpaired) electrons. The summed E-state index contributed by atoms with van der Waals surface area (Å²) in [4.78, 5) is 4.93. The minimum atomic E-state index is -0.245. The first-order valence-electron chi connectivity index (χ1n) is 20.0. The Morgan fingerprint density at radius 3 is 1.38 bits per heavy atom. The van der Waals surface area contributed by atoms with Crippen LogP contribution < -0.4 is 9.80 Å². The SMILES string of the molecule is Cc1cc(C)cc(N(c2ccc(C(C)C)cc2)c2ccc3c(c2)C(C)(C)c2cc(N(c4ccc(C(C)C)cc4)c4cc(C)cc(C)c4)c4ccccc4c2-3)c1. The number of fused-ring (bicyclic) bond motifs is 5. The number of benzene rings is 7. The van der Waals surface area contributed by atoms with E-state index < -0.39 is 0 Å². The molecule has 0 spiro atoms. The van der Waals surface area contributed by atoms with Gasteiger partial charge in [0.25, 0.3) is 0 Å². The van der Waals surface area contributed by atoms with Crippen molar-refractivity contribution < 1.29 is 0 Å². The summed E-state index contributed by atoms with van der Waals surface area (Å²) in [5.74, 6) is 0.951. The second-order valence-electron chi connectivity index (χ2n) is 17.1. The zero-order valence-electron chi connectivity index (χ0n) is 34.3. The van der Waals surface area contributed by atoms with Crippen molar-refractivity contribution in [2.75, 3.05) is 9.80 Å². The third kappa shape index (κ3) is 6.52. The molecular weight excluding hydrogens is 665 g/mol. The lowest BCUT2D eigenvalue weighted by molar-refractivity contribution is 0.661. The van der Waals surface area contributed by atoms with E-state index >= 15 is 0 Å². The van der Waals surface area contributed by atoms with Gasteiger partial charge < -0.3 is 9.80 Å². The topological polar surface area (TPSA) is 6.48 Å². The van der Waals surface area contributed by atoms with Gasteiger partial charge in [0.1, 0.15) is 0 Å². The van der Waals surface area contributed by atoms with Gasteiger partial charge in [-0.3, -0.25) is 0 Å². The molecule has 1 aliphatic rings. The highest BCUT2D eigenvalue weighted by Gasteiger charge is 2.38. The predicted octanol–water partition coefficient (Wildman–Crippen LogP) is 15.6. The average molecular weight is 719 g/mol. The summed E-state index contributed by atoms with van der Waals surface area (Å²) in [7, 11) is 0. The molecule has 0 saturated carbocycles. The van der Waals surface area contributed by atoms with E-state index in [1.807, 2.05) is 0 Å². The van der Waals surface area contributed by atoms with E-state index in [2.05, 4.69) is 212 Å². The van der Waals surface area contributed by atoms with Gasteiger partial charge in [0, 0.05) is 39.2 Å². The van der Waals surface area contributed by atoms with Crippen LogP contribution in [0.15, 0.2) is 133 Å². The second-order valence-corrected chi connectivity index (χ2v) is 17.1. The zero-order chi connectivity index (χ0) is 38.8. The number of hydrogen-bond acceptors (Lipinski definition) is 2. The lowest BCUT2D eigenvalue weighted by atomic mass is 9.81. The van der Waals surface area contributed by atoms with Crippen molar-refractivity contribution in [2.45, 2.75) is 86.5 Å². The van der Waals surface area contributed by atoms with Gasteiger partial charge in [0.2, 0.25) is 0 Å². The summed E-state index contributed by atoms with van der Waals surface area (Å²) in [5.41, 5.74) is 20.0. The van der Waals surface area contributed by atoms with Gasteiger partial charge in [-0.2, -0.15) is 0 Å². The maximum absolute atomic E-state index is 2.50. The maximum Gasteiger partial charge on any atom is 0.0543 e. The molecule has 0 saturated heterocycles. The summed E-state index contributed by atoms with van der Waals surface area (Å²) in [6.07, 6.45) is 0. The highest BCUT2D eigenvalue weighted by atomic mass is 15.1. The Morgan fingerprint density at radius 1 is 0.418 bits per heavy atom.